The molecule has 2 aromatic rings. The summed E-state index contributed by atoms with van der Waals surface area (Å²) in [4.78, 5) is 0. The van der Waals surface area contributed by atoms with E-state index in [9.17, 15) is 12.9 Å². The van der Waals surface area contributed by atoms with Crippen molar-refractivity contribution in [2.45, 2.75) is 13.5 Å². The second-order valence-electron chi connectivity index (χ2n) is 4.37. The topological polar surface area (TPSA) is 9.23 Å². The van der Waals surface area contributed by atoms with Gasteiger partial charge in [-0.3, -0.25) is 0 Å². The predicted octanol–water partition coefficient (Wildman–Crippen LogP) is 3.63. The molecule has 100 valence electrons. The van der Waals surface area contributed by atoms with Crippen LogP contribution in [0.15, 0.2) is 48.5 Å². The first-order valence-corrected chi connectivity index (χ1v) is 5.94. The van der Waals surface area contributed by atoms with Gasteiger partial charge in [-0.05, 0) is 24.6 Å². The molecule has 0 aliphatic carbocycles. The van der Waals surface area contributed by atoms with Gasteiger partial charge in [0.05, 0.1) is 0 Å². The Labute approximate surface area is 110 Å². The van der Waals surface area contributed by atoms with E-state index in [1.165, 1.54) is 19.1 Å². The van der Waals surface area contributed by atoms with Crippen molar-refractivity contribution in [2.24, 2.45) is 0 Å². The van der Waals surface area contributed by atoms with Crippen molar-refractivity contribution in [3.05, 3.63) is 59.7 Å². The Kier molecular flexibility index (Phi) is 3.83. The summed E-state index contributed by atoms with van der Waals surface area (Å²) in [6.45, 7) is -3.17. The third kappa shape index (κ3) is 3.53. The van der Waals surface area contributed by atoms with Crippen LogP contribution in [0.4, 0.5) is 12.9 Å². The van der Waals surface area contributed by atoms with E-state index < -0.39 is 12.4 Å². The molecular weight excluding hydrogens is 252 g/mol. The van der Waals surface area contributed by atoms with Crippen molar-refractivity contribution in [1.82, 2.24) is 0 Å². The standard InChI is InChI=1S/C14H13BF3O/c1-11-9-13(7-8-14(11)15(16,17)18)19-10-12-5-3-2-4-6-12/h2-9H,10H2,1H3/q-1. The van der Waals surface area contributed by atoms with Crippen molar-refractivity contribution >= 4 is 12.4 Å². The summed E-state index contributed by atoms with van der Waals surface area (Å²) in [6.07, 6.45) is 0. The molecule has 0 aliphatic heterocycles. The Morgan fingerprint density at radius 3 is 2.26 bits per heavy atom. The fraction of sp³-hybridized carbons (Fsp3) is 0.143. The summed E-state index contributed by atoms with van der Waals surface area (Å²) in [5, 5.41) is 0. The van der Waals surface area contributed by atoms with Crippen molar-refractivity contribution in [3.8, 4) is 5.75 Å². The second kappa shape index (κ2) is 5.39. The quantitative estimate of drug-likeness (QED) is 0.767. The van der Waals surface area contributed by atoms with Gasteiger partial charge in [-0.2, -0.15) is 0 Å². The lowest BCUT2D eigenvalue weighted by Crippen LogP contribution is -2.35. The number of hydrogen-bond donors (Lipinski definition) is 0. The Balaban J connectivity index is 2.09. The average Bonchev–Trinajstić information content (AvgIpc) is 2.36. The van der Waals surface area contributed by atoms with Gasteiger partial charge in [0.2, 0.25) is 0 Å². The third-order valence-corrected chi connectivity index (χ3v) is 2.84. The van der Waals surface area contributed by atoms with Gasteiger partial charge in [-0.15, -0.1) is 5.46 Å². The Morgan fingerprint density at radius 1 is 1.00 bits per heavy atom. The van der Waals surface area contributed by atoms with Gasteiger partial charge in [0.25, 0.3) is 0 Å². The number of rotatable bonds is 4. The molecule has 0 bridgehead atoms. The van der Waals surface area contributed by atoms with E-state index in [4.69, 9.17) is 4.74 Å². The molecule has 0 atom stereocenters. The molecule has 1 nitrogen and oxygen atoms in total. The molecule has 0 saturated carbocycles. The summed E-state index contributed by atoms with van der Waals surface area (Å²) >= 11 is 0. The lowest BCUT2D eigenvalue weighted by atomic mass is 9.77. The summed E-state index contributed by atoms with van der Waals surface area (Å²) in [6, 6.07) is 13.3. The fourth-order valence-corrected chi connectivity index (χ4v) is 1.85. The molecule has 0 heterocycles. The van der Waals surface area contributed by atoms with E-state index in [1.807, 2.05) is 30.3 Å². The Morgan fingerprint density at radius 2 is 1.68 bits per heavy atom. The number of benzene rings is 2. The van der Waals surface area contributed by atoms with Crippen LogP contribution in [0.25, 0.3) is 0 Å². The molecule has 2 aromatic carbocycles. The first kappa shape index (κ1) is 13.5. The maximum atomic E-state index is 12.7. The van der Waals surface area contributed by atoms with Crippen LogP contribution in [0, 0.1) is 6.92 Å². The van der Waals surface area contributed by atoms with Crippen LogP contribution in [-0.2, 0) is 6.61 Å². The number of ether oxygens (including phenoxy) is 1. The minimum atomic E-state index is -4.96. The molecule has 0 radical (unpaired) electrons. The summed E-state index contributed by atoms with van der Waals surface area (Å²) in [5.41, 5.74) is 0.606. The molecule has 0 amide bonds. The third-order valence-electron chi connectivity index (χ3n) is 2.84. The van der Waals surface area contributed by atoms with E-state index in [0.717, 1.165) is 11.6 Å². The van der Waals surface area contributed by atoms with Gasteiger partial charge >= 0.3 is 6.98 Å². The first-order valence-electron chi connectivity index (χ1n) is 5.94. The minimum absolute atomic E-state index is 0.193. The highest BCUT2D eigenvalue weighted by Gasteiger charge is 2.27. The smallest absolute Gasteiger partial charge is 0.489 e. The maximum absolute atomic E-state index is 12.7. The summed E-state index contributed by atoms with van der Waals surface area (Å²) in [7, 11) is 0. The Bertz CT molecular complexity index is 552. The van der Waals surface area contributed by atoms with Crippen molar-refractivity contribution < 1.29 is 17.7 Å². The monoisotopic (exact) mass is 265 g/mol. The molecule has 0 unspecified atom stereocenters. The lowest BCUT2D eigenvalue weighted by molar-refractivity contribution is 0.306. The highest BCUT2D eigenvalue weighted by Crippen LogP contribution is 2.18. The zero-order chi connectivity index (χ0) is 13.9. The molecule has 19 heavy (non-hydrogen) atoms. The molecule has 0 saturated heterocycles. The van der Waals surface area contributed by atoms with Crippen LogP contribution in [0.5, 0.6) is 5.75 Å². The van der Waals surface area contributed by atoms with Crippen LogP contribution in [0.1, 0.15) is 11.1 Å². The molecule has 5 heteroatoms. The van der Waals surface area contributed by atoms with Crippen LogP contribution in [0.2, 0.25) is 0 Å². The predicted molar refractivity (Wildman–Crippen MR) is 70.7 cm³/mol. The molecule has 0 aromatic heterocycles. The van der Waals surface area contributed by atoms with Gasteiger partial charge in [-0.1, -0.05) is 42.0 Å². The van der Waals surface area contributed by atoms with E-state index in [1.54, 1.807) is 0 Å². The van der Waals surface area contributed by atoms with E-state index in [0.29, 0.717) is 12.4 Å². The van der Waals surface area contributed by atoms with E-state index in [2.05, 4.69) is 0 Å². The normalized spacial score (nSPS) is 11.4. The van der Waals surface area contributed by atoms with E-state index in [-0.39, 0.29) is 5.56 Å². The van der Waals surface area contributed by atoms with Crippen molar-refractivity contribution in [3.63, 3.8) is 0 Å². The maximum Gasteiger partial charge on any atom is 0.509 e. The Hall–Kier alpha value is -1.91. The van der Waals surface area contributed by atoms with E-state index >= 15 is 0 Å². The molecular formula is C14H13BF3O-. The highest BCUT2D eigenvalue weighted by molar-refractivity contribution is 6.74. The highest BCUT2D eigenvalue weighted by atomic mass is 19.4. The summed E-state index contributed by atoms with van der Waals surface area (Å²) in [5.74, 6) is 0.449. The van der Waals surface area contributed by atoms with Crippen LogP contribution in [-0.4, -0.2) is 6.98 Å². The molecule has 0 N–H and O–H groups in total. The zero-order valence-electron chi connectivity index (χ0n) is 10.4. The van der Waals surface area contributed by atoms with Crippen LogP contribution < -0.4 is 10.2 Å². The number of hydrogen-bond acceptors (Lipinski definition) is 1. The van der Waals surface area contributed by atoms with Gasteiger partial charge < -0.3 is 17.7 Å². The van der Waals surface area contributed by atoms with Gasteiger partial charge in [-0.25, -0.2) is 0 Å². The van der Waals surface area contributed by atoms with Crippen LogP contribution >= 0.6 is 0 Å². The largest absolute Gasteiger partial charge is 0.509 e. The number of aryl methyl sites for hydroxylation is 1. The van der Waals surface area contributed by atoms with Crippen molar-refractivity contribution in [2.75, 3.05) is 0 Å². The SMILES string of the molecule is Cc1cc(OCc2ccccc2)ccc1[B-](F)(F)F. The molecule has 0 fully saturated rings. The number of halogens is 3. The zero-order valence-corrected chi connectivity index (χ0v) is 10.4. The fourth-order valence-electron chi connectivity index (χ4n) is 1.85. The minimum Gasteiger partial charge on any atom is -0.489 e. The van der Waals surface area contributed by atoms with Crippen LogP contribution in [0.3, 0.4) is 0 Å². The molecule has 2 rings (SSSR count). The second-order valence-corrected chi connectivity index (χ2v) is 4.37. The van der Waals surface area contributed by atoms with Gasteiger partial charge in [0, 0.05) is 0 Å². The van der Waals surface area contributed by atoms with Crippen molar-refractivity contribution in [1.29, 1.82) is 0 Å². The molecule has 0 aliphatic rings. The van der Waals surface area contributed by atoms with Gasteiger partial charge in [0.1, 0.15) is 12.4 Å². The molecule has 0 spiro atoms. The summed E-state index contributed by atoms with van der Waals surface area (Å²) < 4.78 is 43.4. The lowest BCUT2D eigenvalue weighted by Gasteiger charge is -2.18. The first-order chi connectivity index (χ1) is 8.97. The van der Waals surface area contributed by atoms with Gasteiger partial charge in [0.15, 0.2) is 0 Å². The average molecular weight is 265 g/mol.